The van der Waals surface area contributed by atoms with E-state index in [2.05, 4.69) is 4.98 Å². The van der Waals surface area contributed by atoms with Crippen LogP contribution in [0.25, 0.3) is 0 Å². The van der Waals surface area contributed by atoms with Crippen molar-refractivity contribution in [1.29, 1.82) is 0 Å². The highest BCUT2D eigenvalue weighted by Gasteiger charge is 2.20. The standard InChI is InChI=1S/C10H12N2O4S/c1-5-9(6(2)13)17-10(11-5)12(3)7(14)4-8(15)16/h4H2,1-3H3,(H,15,16). The lowest BCUT2D eigenvalue weighted by Crippen LogP contribution is -2.28. The fourth-order valence-corrected chi connectivity index (χ4v) is 2.15. The van der Waals surface area contributed by atoms with Gasteiger partial charge in [-0.05, 0) is 6.92 Å². The summed E-state index contributed by atoms with van der Waals surface area (Å²) in [6.45, 7) is 3.09. The Morgan fingerprint density at radius 1 is 1.41 bits per heavy atom. The maximum absolute atomic E-state index is 11.5. The molecular weight excluding hydrogens is 244 g/mol. The number of ketones is 1. The van der Waals surface area contributed by atoms with Crippen LogP contribution in [-0.4, -0.2) is 34.8 Å². The number of Topliss-reactive ketones (excluding diaryl/α,β-unsaturated/α-hetero) is 1. The molecule has 0 radical (unpaired) electrons. The van der Waals surface area contributed by atoms with Crippen molar-refractivity contribution in [1.82, 2.24) is 4.98 Å². The fourth-order valence-electron chi connectivity index (χ4n) is 1.21. The van der Waals surface area contributed by atoms with Crippen molar-refractivity contribution in [3.8, 4) is 0 Å². The van der Waals surface area contributed by atoms with E-state index in [0.29, 0.717) is 15.7 Å². The first-order chi connectivity index (χ1) is 7.82. The van der Waals surface area contributed by atoms with Crippen molar-refractivity contribution in [3.05, 3.63) is 10.6 Å². The predicted molar refractivity (Wildman–Crippen MR) is 62.5 cm³/mol. The summed E-state index contributed by atoms with van der Waals surface area (Å²) in [5.41, 5.74) is 0.549. The SMILES string of the molecule is CC(=O)c1sc(N(C)C(=O)CC(=O)O)nc1C. The van der Waals surface area contributed by atoms with Crippen LogP contribution >= 0.6 is 11.3 Å². The number of thiazole rings is 1. The van der Waals surface area contributed by atoms with Gasteiger partial charge in [0.1, 0.15) is 6.42 Å². The highest BCUT2D eigenvalue weighted by molar-refractivity contribution is 7.17. The average molecular weight is 256 g/mol. The number of carbonyl (C=O) groups excluding carboxylic acids is 2. The molecule has 0 aromatic carbocycles. The molecule has 0 aliphatic rings. The van der Waals surface area contributed by atoms with Gasteiger partial charge in [-0.3, -0.25) is 19.3 Å². The first-order valence-electron chi connectivity index (χ1n) is 4.79. The third-order valence-corrected chi connectivity index (χ3v) is 3.40. The smallest absolute Gasteiger partial charge is 0.312 e. The van der Waals surface area contributed by atoms with Crippen LogP contribution in [0.3, 0.4) is 0 Å². The molecule has 7 heteroatoms. The molecule has 0 fully saturated rings. The molecule has 0 atom stereocenters. The number of rotatable bonds is 4. The normalized spacial score (nSPS) is 10.1. The lowest BCUT2D eigenvalue weighted by Gasteiger charge is -2.11. The van der Waals surface area contributed by atoms with E-state index in [-0.39, 0.29) is 5.78 Å². The first-order valence-corrected chi connectivity index (χ1v) is 5.61. The summed E-state index contributed by atoms with van der Waals surface area (Å²) in [7, 11) is 1.44. The van der Waals surface area contributed by atoms with E-state index < -0.39 is 18.3 Å². The summed E-state index contributed by atoms with van der Waals surface area (Å²) in [5.74, 6) is -1.88. The van der Waals surface area contributed by atoms with Gasteiger partial charge in [-0.15, -0.1) is 0 Å². The van der Waals surface area contributed by atoms with Crippen LogP contribution in [0, 0.1) is 6.92 Å². The summed E-state index contributed by atoms with van der Waals surface area (Å²) in [4.78, 5) is 38.8. The Kier molecular flexibility index (Phi) is 3.95. The summed E-state index contributed by atoms with van der Waals surface area (Å²) >= 11 is 1.08. The Hall–Kier alpha value is -1.76. The molecule has 1 N–H and O–H groups in total. The van der Waals surface area contributed by atoms with Gasteiger partial charge in [0.25, 0.3) is 0 Å². The van der Waals surface area contributed by atoms with Gasteiger partial charge in [0.05, 0.1) is 10.6 Å². The summed E-state index contributed by atoms with van der Waals surface area (Å²) < 4.78 is 0. The maximum atomic E-state index is 11.5. The number of carboxylic acids is 1. The number of hydrogen-bond donors (Lipinski definition) is 1. The van der Waals surface area contributed by atoms with Crippen molar-refractivity contribution in [2.75, 3.05) is 11.9 Å². The van der Waals surface area contributed by atoms with Crippen LogP contribution in [0.1, 0.15) is 28.7 Å². The van der Waals surface area contributed by atoms with Gasteiger partial charge in [0.15, 0.2) is 10.9 Å². The zero-order valence-corrected chi connectivity index (χ0v) is 10.5. The van der Waals surface area contributed by atoms with Crippen LogP contribution in [0.2, 0.25) is 0 Å². The van der Waals surface area contributed by atoms with E-state index in [4.69, 9.17) is 5.11 Å². The van der Waals surface area contributed by atoms with Gasteiger partial charge in [-0.1, -0.05) is 11.3 Å². The second kappa shape index (κ2) is 5.05. The van der Waals surface area contributed by atoms with E-state index >= 15 is 0 Å². The Balaban J connectivity index is 2.93. The van der Waals surface area contributed by atoms with E-state index in [9.17, 15) is 14.4 Å². The number of nitrogens with zero attached hydrogens (tertiary/aromatic N) is 2. The maximum Gasteiger partial charge on any atom is 0.312 e. The minimum Gasteiger partial charge on any atom is -0.481 e. The predicted octanol–water partition coefficient (Wildman–Crippen LogP) is 1.09. The summed E-state index contributed by atoms with van der Waals surface area (Å²) in [6, 6.07) is 0. The van der Waals surface area contributed by atoms with Crippen molar-refractivity contribution < 1.29 is 19.5 Å². The van der Waals surface area contributed by atoms with Crippen LogP contribution < -0.4 is 4.90 Å². The minimum atomic E-state index is -1.19. The molecule has 6 nitrogen and oxygen atoms in total. The van der Waals surface area contributed by atoms with Crippen LogP contribution in [0.15, 0.2) is 0 Å². The van der Waals surface area contributed by atoms with Crippen molar-refractivity contribution in [2.45, 2.75) is 20.3 Å². The molecule has 1 rings (SSSR count). The number of aryl methyl sites for hydroxylation is 1. The van der Waals surface area contributed by atoms with Gasteiger partial charge < -0.3 is 5.11 Å². The van der Waals surface area contributed by atoms with E-state index in [1.807, 2.05) is 0 Å². The van der Waals surface area contributed by atoms with Crippen LogP contribution in [0.5, 0.6) is 0 Å². The van der Waals surface area contributed by atoms with Crippen molar-refractivity contribution in [2.24, 2.45) is 0 Å². The first kappa shape index (κ1) is 13.3. The molecule has 1 aromatic rings. The Morgan fingerprint density at radius 3 is 2.41 bits per heavy atom. The molecule has 0 spiro atoms. The Morgan fingerprint density at radius 2 is 2.00 bits per heavy atom. The molecule has 0 saturated carbocycles. The van der Waals surface area contributed by atoms with Gasteiger partial charge in [-0.25, -0.2) is 4.98 Å². The molecule has 0 bridgehead atoms. The third kappa shape index (κ3) is 3.10. The zero-order valence-electron chi connectivity index (χ0n) is 9.68. The third-order valence-electron chi connectivity index (χ3n) is 2.07. The van der Waals surface area contributed by atoms with Crippen LogP contribution in [-0.2, 0) is 9.59 Å². The molecule has 1 heterocycles. The lowest BCUT2D eigenvalue weighted by molar-refractivity contribution is -0.140. The van der Waals surface area contributed by atoms with Crippen molar-refractivity contribution >= 4 is 34.1 Å². The van der Waals surface area contributed by atoms with E-state index in [1.54, 1.807) is 6.92 Å². The molecule has 1 aromatic heterocycles. The molecule has 0 saturated heterocycles. The van der Waals surface area contributed by atoms with Gasteiger partial charge >= 0.3 is 5.97 Å². The summed E-state index contributed by atoms with van der Waals surface area (Å²) in [6.07, 6.45) is -0.593. The number of carboxylic acid groups (broad SMARTS) is 1. The quantitative estimate of drug-likeness (QED) is 0.643. The monoisotopic (exact) mass is 256 g/mol. The van der Waals surface area contributed by atoms with Crippen LogP contribution in [0.4, 0.5) is 5.13 Å². The fraction of sp³-hybridized carbons (Fsp3) is 0.400. The average Bonchev–Trinajstić information content (AvgIpc) is 2.58. The molecule has 17 heavy (non-hydrogen) atoms. The minimum absolute atomic E-state index is 0.120. The number of amides is 1. The number of anilines is 1. The number of aliphatic carboxylic acids is 1. The zero-order chi connectivity index (χ0) is 13.2. The Labute approximate surface area is 102 Å². The number of aromatic nitrogens is 1. The molecule has 0 unspecified atom stereocenters. The van der Waals surface area contributed by atoms with Crippen molar-refractivity contribution in [3.63, 3.8) is 0 Å². The largest absolute Gasteiger partial charge is 0.481 e. The van der Waals surface area contributed by atoms with Gasteiger partial charge in [0.2, 0.25) is 5.91 Å². The molecule has 0 aliphatic heterocycles. The summed E-state index contributed by atoms with van der Waals surface area (Å²) in [5, 5.41) is 8.84. The molecule has 1 amide bonds. The highest BCUT2D eigenvalue weighted by Crippen LogP contribution is 2.25. The van der Waals surface area contributed by atoms with E-state index in [0.717, 1.165) is 16.2 Å². The number of hydrogen-bond acceptors (Lipinski definition) is 5. The second-order valence-electron chi connectivity index (χ2n) is 3.49. The highest BCUT2D eigenvalue weighted by atomic mass is 32.1. The molecule has 92 valence electrons. The second-order valence-corrected chi connectivity index (χ2v) is 4.47. The topological polar surface area (TPSA) is 87.6 Å². The Bertz CT molecular complexity index is 481. The molecular formula is C10H12N2O4S. The lowest BCUT2D eigenvalue weighted by atomic mass is 10.3. The van der Waals surface area contributed by atoms with Gasteiger partial charge in [-0.2, -0.15) is 0 Å². The van der Waals surface area contributed by atoms with Gasteiger partial charge in [0, 0.05) is 14.0 Å². The molecule has 0 aliphatic carbocycles. The van der Waals surface area contributed by atoms with E-state index in [1.165, 1.54) is 14.0 Å². The number of carbonyl (C=O) groups is 3.